The van der Waals surface area contributed by atoms with Crippen molar-refractivity contribution in [1.29, 1.82) is 0 Å². The third-order valence-corrected chi connectivity index (χ3v) is 5.23. The fraction of sp³-hybridized carbons (Fsp3) is 0.292. The Kier molecular flexibility index (Phi) is 9.05. The summed E-state index contributed by atoms with van der Waals surface area (Å²) in [5, 5.41) is 4.24. The van der Waals surface area contributed by atoms with E-state index in [0.29, 0.717) is 13.2 Å². The predicted octanol–water partition coefficient (Wildman–Crippen LogP) is 5.41. The summed E-state index contributed by atoms with van der Waals surface area (Å²) in [6.07, 6.45) is 8.34. The SMILES string of the molecule is C/C=C\C(=C/C)C(OCCNC(=NC)SC)(c1ccccc1)c1ccccc1. The maximum atomic E-state index is 6.70. The molecule has 0 aliphatic carbocycles. The number of hydrogen-bond donors (Lipinski definition) is 1. The minimum atomic E-state index is -0.672. The lowest BCUT2D eigenvalue weighted by atomic mass is 9.79. The molecule has 2 rings (SSSR count). The Morgan fingerprint density at radius 2 is 1.61 bits per heavy atom. The van der Waals surface area contributed by atoms with Crippen molar-refractivity contribution in [3.8, 4) is 0 Å². The van der Waals surface area contributed by atoms with E-state index in [0.717, 1.165) is 21.9 Å². The van der Waals surface area contributed by atoms with E-state index in [9.17, 15) is 0 Å². The van der Waals surface area contributed by atoms with Crippen LogP contribution in [0, 0.1) is 0 Å². The number of thioether (sulfide) groups is 1. The molecule has 0 unspecified atom stereocenters. The van der Waals surface area contributed by atoms with Gasteiger partial charge in [0.2, 0.25) is 0 Å². The first-order valence-corrected chi connectivity index (χ1v) is 10.7. The Hall–Kier alpha value is -2.30. The Morgan fingerprint density at radius 1 is 1.04 bits per heavy atom. The average molecular weight is 395 g/mol. The normalized spacial score (nSPS) is 13.1. The molecule has 0 radical (unpaired) electrons. The zero-order chi connectivity index (χ0) is 20.2. The number of nitrogens with zero attached hydrogens (tertiary/aromatic N) is 1. The van der Waals surface area contributed by atoms with Gasteiger partial charge in [-0.05, 0) is 36.8 Å². The molecule has 0 aliphatic rings. The van der Waals surface area contributed by atoms with Crippen molar-refractivity contribution in [2.24, 2.45) is 4.99 Å². The van der Waals surface area contributed by atoms with E-state index in [1.54, 1.807) is 18.8 Å². The number of amidine groups is 1. The van der Waals surface area contributed by atoms with Crippen LogP contribution in [-0.4, -0.2) is 31.6 Å². The first-order valence-electron chi connectivity index (χ1n) is 9.52. The summed E-state index contributed by atoms with van der Waals surface area (Å²) in [6.45, 7) is 5.32. The number of aliphatic imine (C=N–C) groups is 1. The fourth-order valence-electron chi connectivity index (χ4n) is 3.30. The van der Waals surface area contributed by atoms with Gasteiger partial charge in [-0.3, -0.25) is 4.99 Å². The van der Waals surface area contributed by atoms with Crippen molar-refractivity contribution in [3.63, 3.8) is 0 Å². The van der Waals surface area contributed by atoms with E-state index in [4.69, 9.17) is 4.74 Å². The van der Waals surface area contributed by atoms with Crippen molar-refractivity contribution in [1.82, 2.24) is 5.32 Å². The van der Waals surface area contributed by atoms with Gasteiger partial charge in [0.25, 0.3) is 0 Å². The molecule has 28 heavy (non-hydrogen) atoms. The van der Waals surface area contributed by atoms with Crippen LogP contribution in [0.1, 0.15) is 25.0 Å². The van der Waals surface area contributed by atoms with Gasteiger partial charge in [0.15, 0.2) is 5.17 Å². The molecule has 0 aliphatic heterocycles. The van der Waals surface area contributed by atoms with Gasteiger partial charge in [0.1, 0.15) is 5.60 Å². The van der Waals surface area contributed by atoms with Gasteiger partial charge in [-0.15, -0.1) is 0 Å². The molecule has 0 bridgehead atoms. The summed E-state index contributed by atoms with van der Waals surface area (Å²) in [7, 11) is 1.79. The topological polar surface area (TPSA) is 33.6 Å². The molecule has 0 saturated carbocycles. The Labute approximate surface area is 173 Å². The minimum Gasteiger partial charge on any atom is -0.363 e. The maximum Gasteiger partial charge on any atom is 0.156 e. The van der Waals surface area contributed by atoms with Gasteiger partial charge in [-0.1, -0.05) is 90.7 Å². The molecule has 2 aromatic carbocycles. The number of ether oxygens (including phenoxy) is 1. The number of hydrogen-bond acceptors (Lipinski definition) is 3. The van der Waals surface area contributed by atoms with Crippen LogP contribution in [0.5, 0.6) is 0 Å². The van der Waals surface area contributed by atoms with Crippen LogP contribution in [0.4, 0.5) is 0 Å². The van der Waals surface area contributed by atoms with E-state index >= 15 is 0 Å². The molecule has 0 saturated heterocycles. The predicted molar refractivity (Wildman–Crippen MR) is 123 cm³/mol. The van der Waals surface area contributed by atoms with Crippen LogP contribution < -0.4 is 5.32 Å². The molecule has 3 nitrogen and oxygen atoms in total. The largest absolute Gasteiger partial charge is 0.363 e. The molecular formula is C24H30N2OS. The van der Waals surface area contributed by atoms with E-state index in [-0.39, 0.29) is 0 Å². The van der Waals surface area contributed by atoms with Crippen molar-refractivity contribution in [2.45, 2.75) is 19.4 Å². The second kappa shape index (κ2) is 11.5. The molecule has 148 valence electrons. The molecule has 0 heterocycles. The Morgan fingerprint density at radius 3 is 2.04 bits per heavy atom. The Balaban J connectivity index is 2.48. The first-order chi connectivity index (χ1) is 13.7. The number of allylic oxidation sites excluding steroid dienone is 2. The lowest BCUT2D eigenvalue weighted by molar-refractivity contribution is 0.0158. The lowest BCUT2D eigenvalue weighted by Gasteiger charge is -2.37. The second-order valence-electron chi connectivity index (χ2n) is 6.17. The third kappa shape index (κ3) is 5.15. The number of rotatable bonds is 8. The van der Waals surface area contributed by atoms with Crippen LogP contribution in [0.2, 0.25) is 0 Å². The van der Waals surface area contributed by atoms with Crippen LogP contribution in [0.3, 0.4) is 0 Å². The molecular weight excluding hydrogens is 364 g/mol. The summed E-state index contributed by atoms with van der Waals surface area (Å²) < 4.78 is 6.70. The molecule has 1 N–H and O–H groups in total. The highest BCUT2D eigenvalue weighted by Crippen LogP contribution is 2.41. The molecule has 0 spiro atoms. The zero-order valence-corrected chi connectivity index (χ0v) is 18.0. The van der Waals surface area contributed by atoms with Crippen LogP contribution in [0.15, 0.2) is 89.5 Å². The van der Waals surface area contributed by atoms with Gasteiger partial charge in [0.05, 0.1) is 6.61 Å². The number of nitrogens with one attached hydrogen (secondary N) is 1. The molecule has 0 amide bonds. The van der Waals surface area contributed by atoms with E-state index in [1.807, 2.05) is 25.3 Å². The molecule has 0 atom stereocenters. The van der Waals surface area contributed by atoms with E-state index in [2.05, 4.69) is 84.0 Å². The van der Waals surface area contributed by atoms with E-state index in [1.165, 1.54) is 0 Å². The van der Waals surface area contributed by atoms with E-state index < -0.39 is 5.60 Å². The monoisotopic (exact) mass is 394 g/mol. The van der Waals surface area contributed by atoms with Gasteiger partial charge < -0.3 is 10.1 Å². The van der Waals surface area contributed by atoms with Gasteiger partial charge in [0, 0.05) is 13.6 Å². The molecule has 0 aromatic heterocycles. The van der Waals surface area contributed by atoms with Gasteiger partial charge >= 0.3 is 0 Å². The highest BCUT2D eigenvalue weighted by Gasteiger charge is 2.37. The van der Waals surface area contributed by atoms with Gasteiger partial charge in [-0.25, -0.2) is 0 Å². The second-order valence-corrected chi connectivity index (χ2v) is 6.96. The molecule has 4 heteroatoms. The quantitative estimate of drug-likeness (QED) is 0.281. The minimum absolute atomic E-state index is 0.540. The zero-order valence-electron chi connectivity index (χ0n) is 17.2. The highest BCUT2D eigenvalue weighted by atomic mass is 32.2. The third-order valence-electron chi connectivity index (χ3n) is 4.52. The van der Waals surface area contributed by atoms with Crippen molar-refractivity contribution in [2.75, 3.05) is 26.5 Å². The summed E-state index contributed by atoms with van der Waals surface area (Å²) >= 11 is 1.60. The average Bonchev–Trinajstić information content (AvgIpc) is 2.76. The standard InChI is InChI=1S/C24H30N2OS/c1-5-13-20(6-2)24(21-14-9-7-10-15-21,22-16-11-8-12-17-22)27-19-18-26-23(25-3)28-4/h5-17H,18-19H2,1-4H3,(H,25,26)/b13-5-,20-6+. The Bertz CT molecular complexity index is 758. The first kappa shape index (κ1) is 22.0. The summed E-state index contributed by atoms with van der Waals surface area (Å²) in [5.74, 6) is 0. The summed E-state index contributed by atoms with van der Waals surface area (Å²) in [6, 6.07) is 20.9. The smallest absolute Gasteiger partial charge is 0.156 e. The fourth-order valence-corrected chi connectivity index (χ4v) is 3.73. The molecule has 0 fully saturated rings. The van der Waals surface area contributed by atoms with Crippen molar-refractivity contribution >= 4 is 16.9 Å². The van der Waals surface area contributed by atoms with Gasteiger partial charge in [-0.2, -0.15) is 0 Å². The maximum absolute atomic E-state index is 6.70. The number of benzene rings is 2. The lowest BCUT2D eigenvalue weighted by Crippen LogP contribution is -2.36. The van der Waals surface area contributed by atoms with Crippen LogP contribution in [-0.2, 0) is 10.3 Å². The van der Waals surface area contributed by atoms with Crippen LogP contribution >= 0.6 is 11.8 Å². The van der Waals surface area contributed by atoms with Crippen molar-refractivity contribution in [3.05, 3.63) is 95.6 Å². The highest BCUT2D eigenvalue weighted by molar-refractivity contribution is 8.13. The summed E-state index contributed by atoms with van der Waals surface area (Å²) in [5.41, 5.74) is 2.67. The molecule has 2 aromatic rings. The van der Waals surface area contributed by atoms with Crippen molar-refractivity contribution < 1.29 is 4.74 Å². The van der Waals surface area contributed by atoms with Crippen LogP contribution in [0.25, 0.3) is 0 Å². The summed E-state index contributed by atoms with van der Waals surface area (Å²) in [4.78, 5) is 4.23.